The minimum absolute atomic E-state index is 0.0171. The fraction of sp³-hybridized carbons (Fsp3) is 0.833. The molecule has 1 fully saturated rings. The van der Waals surface area contributed by atoms with E-state index in [1.54, 1.807) is 4.90 Å². The highest BCUT2D eigenvalue weighted by molar-refractivity contribution is 6.01. The van der Waals surface area contributed by atoms with Crippen LogP contribution in [0.15, 0.2) is 0 Å². The number of carbonyl (C=O) groups excluding carboxylic acids is 2. The molecule has 0 aliphatic carbocycles. The van der Waals surface area contributed by atoms with Gasteiger partial charge < -0.3 is 10.6 Å². The lowest BCUT2D eigenvalue weighted by Gasteiger charge is -2.25. The molecule has 0 aromatic rings. The van der Waals surface area contributed by atoms with Gasteiger partial charge in [-0.3, -0.25) is 9.69 Å². The van der Waals surface area contributed by atoms with Gasteiger partial charge in [-0.2, -0.15) is 0 Å². The Balaban J connectivity index is 2.53. The Morgan fingerprint density at radius 3 is 2.41 bits per heavy atom. The Hall–Kier alpha value is -1.10. The summed E-state index contributed by atoms with van der Waals surface area (Å²) in [5, 5.41) is 0. The SMILES string of the molecule is CC(C)(C)CN1CC(=O)N(CCCCN)C1=O. The maximum absolute atomic E-state index is 12.0. The van der Waals surface area contributed by atoms with Crippen LogP contribution in [0.3, 0.4) is 0 Å². The van der Waals surface area contributed by atoms with E-state index in [1.807, 2.05) is 0 Å². The lowest BCUT2D eigenvalue weighted by Crippen LogP contribution is -2.37. The van der Waals surface area contributed by atoms with Crippen molar-refractivity contribution in [2.24, 2.45) is 11.1 Å². The number of hydrogen-bond acceptors (Lipinski definition) is 3. The van der Waals surface area contributed by atoms with Crippen LogP contribution in [0, 0.1) is 5.41 Å². The summed E-state index contributed by atoms with van der Waals surface area (Å²) < 4.78 is 0. The highest BCUT2D eigenvalue weighted by atomic mass is 16.2. The largest absolute Gasteiger partial charge is 0.330 e. The van der Waals surface area contributed by atoms with E-state index in [4.69, 9.17) is 5.73 Å². The molecule has 17 heavy (non-hydrogen) atoms. The van der Waals surface area contributed by atoms with Gasteiger partial charge in [0.2, 0.25) is 5.91 Å². The van der Waals surface area contributed by atoms with Crippen LogP contribution >= 0.6 is 0 Å². The summed E-state index contributed by atoms with van der Waals surface area (Å²) in [6.45, 7) is 8.10. The third kappa shape index (κ3) is 4.00. The normalized spacial score (nSPS) is 17.2. The predicted molar refractivity (Wildman–Crippen MR) is 66.4 cm³/mol. The van der Waals surface area contributed by atoms with Gasteiger partial charge in [0, 0.05) is 13.1 Å². The molecule has 1 heterocycles. The second-order valence-corrected chi connectivity index (χ2v) is 5.74. The predicted octanol–water partition coefficient (Wildman–Crippen LogP) is 1.04. The van der Waals surface area contributed by atoms with Crippen molar-refractivity contribution >= 4 is 11.9 Å². The highest BCUT2D eigenvalue weighted by Crippen LogP contribution is 2.20. The molecule has 0 bridgehead atoms. The minimum Gasteiger partial charge on any atom is -0.330 e. The Bertz CT molecular complexity index is 297. The molecule has 1 aliphatic heterocycles. The standard InChI is InChI=1S/C12H23N3O2/c1-12(2,3)9-14-8-10(16)15(11(14)17)7-5-4-6-13/h4-9,13H2,1-3H3. The summed E-state index contributed by atoms with van der Waals surface area (Å²) >= 11 is 0. The quantitative estimate of drug-likeness (QED) is 0.577. The van der Waals surface area contributed by atoms with Gasteiger partial charge in [-0.05, 0) is 24.8 Å². The van der Waals surface area contributed by atoms with Gasteiger partial charge >= 0.3 is 6.03 Å². The van der Waals surface area contributed by atoms with Crippen LogP contribution in [-0.2, 0) is 4.79 Å². The Labute approximate surface area is 103 Å². The molecule has 0 aromatic carbocycles. The van der Waals surface area contributed by atoms with Crippen molar-refractivity contribution in [3.63, 3.8) is 0 Å². The highest BCUT2D eigenvalue weighted by Gasteiger charge is 2.36. The smallest absolute Gasteiger partial charge is 0.327 e. The summed E-state index contributed by atoms with van der Waals surface area (Å²) in [6, 6.07) is -0.151. The molecule has 0 radical (unpaired) electrons. The average Bonchev–Trinajstić information content (AvgIpc) is 2.43. The van der Waals surface area contributed by atoms with Crippen molar-refractivity contribution in [2.45, 2.75) is 33.6 Å². The van der Waals surface area contributed by atoms with Crippen LogP contribution < -0.4 is 5.73 Å². The van der Waals surface area contributed by atoms with Crippen molar-refractivity contribution in [3.8, 4) is 0 Å². The zero-order valence-corrected chi connectivity index (χ0v) is 11.0. The number of rotatable bonds is 5. The molecule has 1 aliphatic rings. The zero-order chi connectivity index (χ0) is 13.1. The van der Waals surface area contributed by atoms with Gasteiger partial charge in [-0.25, -0.2) is 4.79 Å². The van der Waals surface area contributed by atoms with Crippen LogP contribution in [-0.4, -0.2) is 47.9 Å². The first-order valence-electron chi connectivity index (χ1n) is 6.14. The van der Waals surface area contributed by atoms with Crippen LogP contribution in [0.5, 0.6) is 0 Å². The molecule has 2 N–H and O–H groups in total. The first kappa shape index (κ1) is 14.0. The van der Waals surface area contributed by atoms with Gasteiger partial charge in [0.15, 0.2) is 0 Å². The second kappa shape index (κ2) is 5.49. The number of imide groups is 1. The van der Waals surface area contributed by atoms with Crippen LogP contribution in [0.25, 0.3) is 0 Å². The molecule has 5 nitrogen and oxygen atoms in total. The van der Waals surface area contributed by atoms with Gasteiger partial charge in [0.25, 0.3) is 0 Å². The maximum Gasteiger partial charge on any atom is 0.327 e. The van der Waals surface area contributed by atoms with Crippen molar-refractivity contribution in [2.75, 3.05) is 26.2 Å². The Morgan fingerprint density at radius 2 is 1.88 bits per heavy atom. The molecule has 98 valence electrons. The van der Waals surface area contributed by atoms with Crippen molar-refractivity contribution in [3.05, 3.63) is 0 Å². The zero-order valence-electron chi connectivity index (χ0n) is 11.0. The van der Waals surface area contributed by atoms with Crippen LogP contribution in [0.1, 0.15) is 33.6 Å². The average molecular weight is 241 g/mol. The number of amides is 3. The minimum atomic E-state index is -0.151. The van der Waals surface area contributed by atoms with Crippen molar-refractivity contribution in [1.82, 2.24) is 9.80 Å². The fourth-order valence-corrected chi connectivity index (χ4v) is 1.92. The van der Waals surface area contributed by atoms with E-state index < -0.39 is 0 Å². The van der Waals surface area contributed by atoms with E-state index in [0.717, 1.165) is 12.8 Å². The number of hydrogen-bond donors (Lipinski definition) is 1. The third-order valence-electron chi connectivity index (χ3n) is 2.63. The second-order valence-electron chi connectivity index (χ2n) is 5.74. The van der Waals surface area contributed by atoms with E-state index in [1.165, 1.54) is 4.90 Å². The molecular weight excluding hydrogens is 218 g/mol. The molecular formula is C12H23N3O2. The number of urea groups is 1. The van der Waals surface area contributed by atoms with E-state index in [-0.39, 0.29) is 23.9 Å². The molecule has 0 unspecified atom stereocenters. The number of carbonyl (C=O) groups is 2. The number of unbranched alkanes of at least 4 members (excludes halogenated alkanes) is 1. The molecule has 3 amide bonds. The molecule has 0 saturated carbocycles. The monoisotopic (exact) mass is 241 g/mol. The summed E-state index contributed by atoms with van der Waals surface area (Å²) in [5.41, 5.74) is 5.41. The number of nitrogens with zero attached hydrogens (tertiary/aromatic N) is 2. The third-order valence-corrected chi connectivity index (χ3v) is 2.63. The Kier molecular flexibility index (Phi) is 4.51. The lowest BCUT2D eigenvalue weighted by molar-refractivity contribution is -0.125. The summed E-state index contributed by atoms with van der Waals surface area (Å²) in [4.78, 5) is 26.7. The van der Waals surface area contributed by atoms with Crippen LogP contribution in [0.4, 0.5) is 4.79 Å². The fourth-order valence-electron chi connectivity index (χ4n) is 1.92. The van der Waals surface area contributed by atoms with E-state index >= 15 is 0 Å². The van der Waals surface area contributed by atoms with Gasteiger partial charge in [0.1, 0.15) is 6.54 Å². The van der Waals surface area contributed by atoms with Gasteiger partial charge in [0.05, 0.1) is 0 Å². The van der Waals surface area contributed by atoms with Crippen molar-refractivity contribution in [1.29, 1.82) is 0 Å². The first-order valence-corrected chi connectivity index (χ1v) is 6.14. The topological polar surface area (TPSA) is 66.6 Å². The summed E-state index contributed by atoms with van der Waals surface area (Å²) in [5.74, 6) is -0.0868. The molecule has 0 aromatic heterocycles. The number of nitrogens with two attached hydrogens (primary N) is 1. The molecule has 0 spiro atoms. The molecule has 1 saturated heterocycles. The van der Waals surface area contributed by atoms with Gasteiger partial charge in [-0.1, -0.05) is 20.8 Å². The van der Waals surface area contributed by atoms with Crippen LogP contribution in [0.2, 0.25) is 0 Å². The first-order chi connectivity index (χ1) is 7.85. The molecule has 1 rings (SSSR count). The van der Waals surface area contributed by atoms with E-state index in [9.17, 15) is 9.59 Å². The lowest BCUT2D eigenvalue weighted by atomic mass is 9.96. The van der Waals surface area contributed by atoms with E-state index in [0.29, 0.717) is 19.6 Å². The van der Waals surface area contributed by atoms with Crippen molar-refractivity contribution < 1.29 is 9.59 Å². The summed E-state index contributed by atoms with van der Waals surface area (Å²) in [7, 11) is 0. The molecule has 0 atom stereocenters. The van der Waals surface area contributed by atoms with Gasteiger partial charge in [-0.15, -0.1) is 0 Å². The van der Waals surface area contributed by atoms with E-state index in [2.05, 4.69) is 20.8 Å². The maximum atomic E-state index is 12.0. The summed E-state index contributed by atoms with van der Waals surface area (Å²) in [6.07, 6.45) is 1.63. The molecule has 5 heteroatoms. The Morgan fingerprint density at radius 1 is 1.24 bits per heavy atom.